The van der Waals surface area contributed by atoms with Crippen LogP contribution in [0.25, 0.3) is 0 Å². The van der Waals surface area contributed by atoms with Gasteiger partial charge in [0, 0.05) is 6.92 Å². The van der Waals surface area contributed by atoms with Gasteiger partial charge in [-0.15, -0.1) is 0 Å². The summed E-state index contributed by atoms with van der Waals surface area (Å²) >= 11 is 0. The van der Waals surface area contributed by atoms with E-state index in [9.17, 15) is 0 Å². The molecule has 4 nitrogen and oxygen atoms in total. The fraction of sp³-hybridized carbons (Fsp3) is 0.240. The van der Waals surface area contributed by atoms with Crippen LogP contribution in [0, 0.1) is 0 Å². The summed E-state index contributed by atoms with van der Waals surface area (Å²) in [7, 11) is 0. The molecule has 0 aliphatic heterocycles. The number of hydrogen-bond donors (Lipinski definition) is 3. The van der Waals surface area contributed by atoms with Crippen LogP contribution in [0.1, 0.15) is 36.5 Å². The van der Waals surface area contributed by atoms with E-state index in [1.807, 2.05) is 0 Å². The standard InChI is InChI=1S/C23H26N2.C2H4O2/c24-18-10-11-19-25-23(20-12-4-1-5-13-20,21-14-6-2-7-15-21)22-16-8-3-9-17-22;1-2(3)4/h1-9,12-17,25H,10-11,18-19,24H2;1H3,(H,3,4). The molecular formula is C25H30N2O2. The smallest absolute Gasteiger partial charge is 0.300 e. The summed E-state index contributed by atoms with van der Waals surface area (Å²) in [5.74, 6) is -0.833. The first-order valence-corrected chi connectivity index (χ1v) is 9.92. The SMILES string of the molecule is CC(=O)O.NCCCCNC(c1ccccc1)(c1ccccc1)c1ccccc1. The third kappa shape index (κ3) is 6.28. The Morgan fingerprint density at radius 1 is 0.793 bits per heavy atom. The quantitative estimate of drug-likeness (QED) is 0.394. The van der Waals surface area contributed by atoms with Crippen LogP contribution in [0.3, 0.4) is 0 Å². The second-order valence-electron chi connectivity index (χ2n) is 6.79. The van der Waals surface area contributed by atoms with Crippen molar-refractivity contribution in [2.45, 2.75) is 25.3 Å². The van der Waals surface area contributed by atoms with E-state index in [0.29, 0.717) is 0 Å². The Kier molecular flexibility index (Phi) is 9.09. The van der Waals surface area contributed by atoms with Crippen molar-refractivity contribution in [3.05, 3.63) is 108 Å². The normalized spacial score (nSPS) is 10.7. The summed E-state index contributed by atoms with van der Waals surface area (Å²) in [5.41, 5.74) is 9.07. The van der Waals surface area contributed by atoms with Gasteiger partial charge in [-0.25, -0.2) is 0 Å². The second-order valence-corrected chi connectivity index (χ2v) is 6.79. The molecule has 0 amide bonds. The summed E-state index contributed by atoms with van der Waals surface area (Å²) in [6.07, 6.45) is 2.09. The largest absolute Gasteiger partial charge is 0.481 e. The number of nitrogens with two attached hydrogens (primary N) is 1. The highest BCUT2D eigenvalue weighted by molar-refractivity contribution is 5.63. The van der Waals surface area contributed by atoms with E-state index >= 15 is 0 Å². The van der Waals surface area contributed by atoms with Crippen molar-refractivity contribution in [2.24, 2.45) is 5.73 Å². The number of unbranched alkanes of at least 4 members (excludes halogenated alkanes) is 1. The topological polar surface area (TPSA) is 75.3 Å². The lowest BCUT2D eigenvalue weighted by Crippen LogP contribution is -2.45. The van der Waals surface area contributed by atoms with Crippen LogP contribution in [0.2, 0.25) is 0 Å². The molecule has 0 spiro atoms. The van der Waals surface area contributed by atoms with Crippen LogP contribution in [0.4, 0.5) is 0 Å². The first kappa shape index (κ1) is 22.3. The van der Waals surface area contributed by atoms with Crippen LogP contribution in [0.15, 0.2) is 91.0 Å². The van der Waals surface area contributed by atoms with Crippen LogP contribution in [-0.4, -0.2) is 24.2 Å². The molecule has 0 fully saturated rings. The molecule has 4 heteroatoms. The Morgan fingerprint density at radius 2 is 1.14 bits per heavy atom. The van der Waals surface area contributed by atoms with E-state index in [4.69, 9.17) is 15.6 Å². The van der Waals surface area contributed by atoms with Gasteiger partial charge in [0.25, 0.3) is 5.97 Å². The number of aliphatic carboxylic acids is 1. The molecule has 0 aliphatic carbocycles. The van der Waals surface area contributed by atoms with Crippen molar-refractivity contribution in [2.75, 3.05) is 13.1 Å². The Balaban J connectivity index is 0.000000687. The number of carboxylic acid groups (broad SMARTS) is 1. The predicted molar refractivity (Wildman–Crippen MR) is 119 cm³/mol. The molecule has 3 aromatic carbocycles. The van der Waals surface area contributed by atoms with E-state index in [-0.39, 0.29) is 5.54 Å². The highest BCUT2D eigenvalue weighted by Gasteiger charge is 2.35. The summed E-state index contributed by atoms with van der Waals surface area (Å²) < 4.78 is 0. The van der Waals surface area contributed by atoms with Gasteiger partial charge >= 0.3 is 0 Å². The Morgan fingerprint density at radius 3 is 1.45 bits per heavy atom. The van der Waals surface area contributed by atoms with Crippen LogP contribution < -0.4 is 11.1 Å². The monoisotopic (exact) mass is 390 g/mol. The first-order valence-electron chi connectivity index (χ1n) is 9.92. The third-order valence-electron chi connectivity index (χ3n) is 4.64. The van der Waals surface area contributed by atoms with Gasteiger partial charge in [0.2, 0.25) is 0 Å². The molecule has 0 aromatic heterocycles. The lowest BCUT2D eigenvalue weighted by molar-refractivity contribution is -0.134. The molecule has 3 aromatic rings. The minimum atomic E-state index is -0.833. The molecule has 0 unspecified atom stereocenters. The minimum Gasteiger partial charge on any atom is -0.481 e. The lowest BCUT2D eigenvalue weighted by Gasteiger charge is -2.37. The van der Waals surface area contributed by atoms with Crippen LogP contribution in [-0.2, 0) is 10.3 Å². The van der Waals surface area contributed by atoms with E-state index in [1.54, 1.807) is 0 Å². The van der Waals surface area contributed by atoms with E-state index < -0.39 is 5.97 Å². The van der Waals surface area contributed by atoms with Gasteiger partial charge in [0.1, 0.15) is 0 Å². The second kappa shape index (κ2) is 11.8. The van der Waals surface area contributed by atoms with Crippen molar-refractivity contribution in [3.8, 4) is 0 Å². The first-order chi connectivity index (χ1) is 14.1. The van der Waals surface area contributed by atoms with Gasteiger partial charge in [0.05, 0.1) is 5.54 Å². The fourth-order valence-electron chi connectivity index (χ4n) is 3.42. The van der Waals surface area contributed by atoms with E-state index in [2.05, 4.69) is 96.3 Å². The molecule has 0 heterocycles. The zero-order valence-corrected chi connectivity index (χ0v) is 16.9. The van der Waals surface area contributed by atoms with Crippen molar-refractivity contribution < 1.29 is 9.90 Å². The van der Waals surface area contributed by atoms with Gasteiger partial charge in [-0.1, -0.05) is 91.0 Å². The van der Waals surface area contributed by atoms with Crippen molar-refractivity contribution in [1.29, 1.82) is 0 Å². The highest BCUT2D eigenvalue weighted by atomic mass is 16.4. The van der Waals surface area contributed by atoms with Gasteiger partial charge in [-0.3, -0.25) is 10.1 Å². The molecule has 29 heavy (non-hydrogen) atoms. The molecule has 0 atom stereocenters. The number of nitrogens with one attached hydrogen (secondary N) is 1. The molecule has 0 aliphatic rings. The van der Waals surface area contributed by atoms with Gasteiger partial charge in [-0.2, -0.15) is 0 Å². The van der Waals surface area contributed by atoms with Crippen molar-refractivity contribution >= 4 is 5.97 Å². The molecule has 152 valence electrons. The summed E-state index contributed by atoms with van der Waals surface area (Å²) in [6.45, 7) is 2.73. The molecular weight excluding hydrogens is 360 g/mol. The average Bonchev–Trinajstić information content (AvgIpc) is 2.76. The van der Waals surface area contributed by atoms with E-state index in [1.165, 1.54) is 16.7 Å². The average molecular weight is 391 g/mol. The van der Waals surface area contributed by atoms with Crippen molar-refractivity contribution in [3.63, 3.8) is 0 Å². The van der Waals surface area contributed by atoms with E-state index in [0.717, 1.165) is 32.9 Å². The lowest BCUT2D eigenvalue weighted by atomic mass is 9.77. The Hall–Kier alpha value is -2.95. The maximum absolute atomic E-state index is 9.00. The summed E-state index contributed by atoms with van der Waals surface area (Å²) in [6, 6.07) is 32.1. The molecule has 0 saturated carbocycles. The zero-order chi connectivity index (χ0) is 21.0. The fourth-order valence-corrected chi connectivity index (χ4v) is 3.42. The molecule has 4 N–H and O–H groups in total. The van der Waals surface area contributed by atoms with Gasteiger partial charge in [-0.05, 0) is 42.6 Å². The predicted octanol–water partition coefficient (Wildman–Crippen LogP) is 4.40. The summed E-state index contributed by atoms with van der Waals surface area (Å²) in [5, 5.41) is 11.3. The molecule has 3 rings (SSSR count). The molecule has 0 radical (unpaired) electrons. The van der Waals surface area contributed by atoms with Gasteiger partial charge < -0.3 is 10.8 Å². The number of carboxylic acids is 1. The Bertz CT molecular complexity index is 736. The number of benzene rings is 3. The van der Waals surface area contributed by atoms with Crippen molar-refractivity contribution in [1.82, 2.24) is 5.32 Å². The third-order valence-corrected chi connectivity index (χ3v) is 4.64. The number of hydrogen-bond acceptors (Lipinski definition) is 3. The maximum Gasteiger partial charge on any atom is 0.300 e. The molecule has 0 saturated heterocycles. The maximum atomic E-state index is 9.00. The summed E-state index contributed by atoms with van der Waals surface area (Å²) in [4.78, 5) is 9.00. The minimum absolute atomic E-state index is 0.363. The van der Waals surface area contributed by atoms with Crippen LogP contribution in [0.5, 0.6) is 0 Å². The van der Waals surface area contributed by atoms with Crippen LogP contribution >= 0.6 is 0 Å². The highest BCUT2D eigenvalue weighted by Crippen LogP contribution is 2.36. The number of rotatable bonds is 8. The Labute approximate surface area is 173 Å². The number of carbonyl (C=O) groups is 1. The van der Waals surface area contributed by atoms with Gasteiger partial charge in [0.15, 0.2) is 0 Å². The molecule has 0 bridgehead atoms. The zero-order valence-electron chi connectivity index (χ0n) is 16.9.